The Morgan fingerprint density at radius 3 is 2.70 bits per heavy atom. The first-order chi connectivity index (χ1) is 4.72. The molecule has 0 unspecified atom stereocenters. The summed E-state index contributed by atoms with van der Waals surface area (Å²) in [5.74, 6) is 0. The van der Waals surface area contributed by atoms with Gasteiger partial charge in [-0.1, -0.05) is 0 Å². The molecule has 0 amide bonds. The van der Waals surface area contributed by atoms with Gasteiger partial charge in [0.05, 0.1) is 18.6 Å². The van der Waals surface area contributed by atoms with Crippen molar-refractivity contribution in [2.75, 3.05) is 20.2 Å². The molecule has 2 N–H and O–H groups in total. The number of aliphatic hydroxyl groups is 1. The van der Waals surface area contributed by atoms with Crippen LogP contribution in [0.15, 0.2) is 5.28 Å². The van der Waals surface area contributed by atoms with Crippen LogP contribution in [0.25, 0.3) is 0 Å². The lowest BCUT2D eigenvalue weighted by molar-refractivity contribution is -0.704. The molecule has 0 atom stereocenters. The zero-order valence-corrected chi connectivity index (χ0v) is 5.77. The molecule has 0 spiro atoms. The van der Waals surface area contributed by atoms with Gasteiger partial charge in [-0.05, 0) is 6.42 Å². The monoisotopic (exact) mass is 149 g/mol. The Labute approximate surface area is 58.5 Å². The molecule has 0 aliphatic rings. The molecule has 0 rings (SSSR count). The highest BCUT2D eigenvalue weighted by Gasteiger charge is 2.02. The molecule has 10 heavy (non-hydrogen) atoms. The van der Waals surface area contributed by atoms with Gasteiger partial charge in [0.15, 0.2) is 0 Å². The van der Waals surface area contributed by atoms with Gasteiger partial charge >= 0.3 is 0 Å². The van der Waals surface area contributed by atoms with Crippen LogP contribution < -0.4 is 0 Å². The van der Waals surface area contributed by atoms with E-state index in [4.69, 9.17) is 10.3 Å². The minimum Gasteiger partial charge on any atom is -0.569 e. The van der Waals surface area contributed by atoms with Crippen molar-refractivity contribution in [1.82, 2.24) is 5.01 Å². The minimum absolute atomic E-state index is 0.0175. The van der Waals surface area contributed by atoms with E-state index in [-0.39, 0.29) is 11.6 Å². The van der Waals surface area contributed by atoms with E-state index in [0.717, 1.165) is 5.01 Å². The smallest absolute Gasteiger partial charge is 0.230 e. The third kappa shape index (κ3) is 3.08. The molecule has 0 aliphatic carbocycles. The van der Waals surface area contributed by atoms with Crippen molar-refractivity contribution >= 4 is 0 Å². The summed E-state index contributed by atoms with van der Waals surface area (Å²) in [4.78, 5) is 0.0513. The molecule has 0 aromatic rings. The maximum absolute atomic E-state index is 10.4. The van der Waals surface area contributed by atoms with E-state index in [1.54, 1.807) is 0 Å². The van der Waals surface area contributed by atoms with Crippen LogP contribution in [0.5, 0.6) is 0 Å². The van der Waals surface area contributed by atoms with E-state index in [0.29, 0.717) is 13.0 Å². The summed E-state index contributed by atoms with van der Waals surface area (Å²) in [6.07, 6.45) is 0.477. The Morgan fingerprint density at radius 1 is 1.70 bits per heavy atom. The van der Waals surface area contributed by atoms with Gasteiger partial charge < -0.3 is 15.5 Å². The van der Waals surface area contributed by atoms with E-state index in [2.05, 4.69) is 5.28 Å². The second-order valence-electron chi connectivity index (χ2n) is 1.80. The van der Waals surface area contributed by atoms with Crippen LogP contribution >= 0.6 is 0 Å². The number of rotatable bonds is 4. The predicted octanol–water partition coefficient (Wildman–Crippen LogP) is -0.433. The summed E-state index contributed by atoms with van der Waals surface area (Å²) in [5.41, 5.74) is 0. The van der Waals surface area contributed by atoms with Gasteiger partial charge in [-0.25, -0.2) is 0 Å². The van der Waals surface area contributed by atoms with Crippen LogP contribution in [0, 0.1) is 5.21 Å². The standard InChI is InChI=1S/C4H11N3O3/c1-6(3-2-4-8)7(10)5-9/h8-9H,2-4H2,1H3/b7-5+. The van der Waals surface area contributed by atoms with E-state index in [9.17, 15) is 5.21 Å². The summed E-state index contributed by atoms with van der Waals surface area (Å²) in [6, 6.07) is 0. The lowest BCUT2D eigenvalue weighted by Gasteiger charge is -2.10. The van der Waals surface area contributed by atoms with Gasteiger partial charge in [0.25, 0.3) is 0 Å². The second-order valence-corrected chi connectivity index (χ2v) is 1.80. The highest BCUT2D eigenvalue weighted by Crippen LogP contribution is 1.86. The van der Waals surface area contributed by atoms with Crippen molar-refractivity contribution < 1.29 is 15.3 Å². The fraction of sp³-hybridized carbons (Fsp3) is 1.00. The van der Waals surface area contributed by atoms with E-state index < -0.39 is 0 Å². The van der Waals surface area contributed by atoms with Gasteiger partial charge in [-0.3, -0.25) is 0 Å². The zero-order chi connectivity index (χ0) is 7.98. The van der Waals surface area contributed by atoms with Crippen LogP contribution in [-0.4, -0.2) is 40.5 Å². The van der Waals surface area contributed by atoms with Gasteiger partial charge in [0.1, 0.15) is 0 Å². The molecule has 6 nitrogen and oxygen atoms in total. The number of nitrogens with zero attached hydrogens (tertiary/aromatic N) is 3. The molecule has 0 fully saturated rings. The SMILES string of the molecule is CN(CCCO)/[N+]([O-])=N\O. The van der Waals surface area contributed by atoms with Crippen molar-refractivity contribution in [3.8, 4) is 0 Å². The first-order valence-electron chi connectivity index (χ1n) is 2.86. The Hall–Kier alpha value is -1.04. The Bertz CT molecular complexity index is 116. The summed E-state index contributed by atoms with van der Waals surface area (Å²) >= 11 is 0. The van der Waals surface area contributed by atoms with E-state index in [1.807, 2.05) is 0 Å². The van der Waals surface area contributed by atoms with Crippen molar-refractivity contribution in [2.24, 2.45) is 5.28 Å². The fourth-order valence-corrected chi connectivity index (χ4v) is 0.453. The van der Waals surface area contributed by atoms with Crippen molar-refractivity contribution in [3.05, 3.63) is 5.21 Å². The molecule has 0 radical (unpaired) electrons. The number of hydrogen-bond acceptors (Lipinski definition) is 3. The molecule has 0 saturated carbocycles. The molecule has 0 bridgehead atoms. The summed E-state index contributed by atoms with van der Waals surface area (Å²) in [6.45, 7) is 0.383. The van der Waals surface area contributed by atoms with Crippen molar-refractivity contribution in [3.63, 3.8) is 0 Å². The molecule has 60 valence electrons. The largest absolute Gasteiger partial charge is 0.569 e. The van der Waals surface area contributed by atoms with Gasteiger partial charge in [0.2, 0.25) is 5.28 Å². The van der Waals surface area contributed by atoms with Gasteiger partial charge in [-0.15, -0.1) is 5.01 Å². The normalized spacial score (nSPS) is 11.6. The van der Waals surface area contributed by atoms with Crippen LogP contribution in [0.1, 0.15) is 6.42 Å². The zero-order valence-electron chi connectivity index (χ0n) is 5.77. The molecule has 0 aliphatic heterocycles. The molecule has 0 aromatic carbocycles. The molecule has 0 heterocycles. The second kappa shape index (κ2) is 4.80. The number of hydrogen-bond donors (Lipinski definition) is 2. The minimum atomic E-state index is 0.0175. The quantitative estimate of drug-likeness (QED) is 0.322. The molecular formula is C4H11N3O3. The van der Waals surface area contributed by atoms with E-state index >= 15 is 0 Å². The topological polar surface area (TPSA) is 82.1 Å². The van der Waals surface area contributed by atoms with Crippen LogP contribution in [0.3, 0.4) is 0 Å². The summed E-state index contributed by atoms with van der Waals surface area (Å²) < 4.78 is 0. The van der Waals surface area contributed by atoms with Crippen molar-refractivity contribution in [1.29, 1.82) is 0 Å². The van der Waals surface area contributed by atoms with Gasteiger partial charge in [0, 0.05) is 6.61 Å². The Morgan fingerprint density at radius 2 is 2.30 bits per heavy atom. The molecule has 0 aromatic heterocycles. The van der Waals surface area contributed by atoms with Crippen molar-refractivity contribution in [2.45, 2.75) is 6.42 Å². The lowest BCUT2D eigenvalue weighted by atomic mass is 10.4. The third-order valence-corrected chi connectivity index (χ3v) is 1.01. The third-order valence-electron chi connectivity index (χ3n) is 1.01. The molecule has 0 saturated heterocycles. The van der Waals surface area contributed by atoms with Crippen LogP contribution in [-0.2, 0) is 0 Å². The Kier molecular flexibility index (Phi) is 4.30. The highest BCUT2D eigenvalue weighted by atomic mass is 16.6. The maximum Gasteiger partial charge on any atom is 0.230 e. The maximum atomic E-state index is 10.4. The summed E-state index contributed by atoms with van der Waals surface area (Å²) in [7, 11) is 1.46. The van der Waals surface area contributed by atoms with Crippen LogP contribution in [0.2, 0.25) is 0 Å². The number of aliphatic hydroxyl groups excluding tert-OH is 1. The average Bonchev–Trinajstić information content (AvgIpc) is 1.98. The molecular weight excluding hydrogens is 138 g/mol. The highest BCUT2D eigenvalue weighted by molar-refractivity contribution is 4.35. The van der Waals surface area contributed by atoms with E-state index in [1.165, 1.54) is 7.05 Å². The van der Waals surface area contributed by atoms with Crippen LogP contribution in [0.4, 0.5) is 0 Å². The fourth-order valence-electron chi connectivity index (χ4n) is 0.453. The molecule has 6 heteroatoms. The number of hydrazine groups is 1. The summed E-state index contributed by atoms with van der Waals surface area (Å²) in [5, 5.41) is 30.1. The lowest BCUT2D eigenvalue weighted by Crippen LogP contribution is -2.27. The average molecular weight is 149 g/mol. The first-order valence-corrected chi connectivity index (χ1v) is 2.86. The van der Waals surface area contributed by atoms with Gasteiger partial charge in [-0.2, -0.15) is 0 Å². The predicted molar refractivity (Wildman–Crippen MR) is 32.2 cm³/mol. The Balaban J connectivity index is 3.51. The first kappa shape index (κ1) is 8.96.